The fraction of sp³-hybridized carbons (Fsp3) is 0.286. The van der Waals surface area contributed by atoms with Crippen molar-refractivity contribution < 1.29 is 27.3 Å². The Morgan fingerprint density at radius 3 is 2.94 bits per heavy atom. The van der Waals surface area contributed by atoms with E-state index < -0.39 is 22.6 Å². The zero-order valence-corrected chi connectivity index (χ0v) is 18.6. The normalized spacial score (nSPS) is 15.9. The third kappa shape index (κ3) is 4.19. The van der Waals surface area contributed by atoms with Crippen molar-refractivity contribution >= 4 is 21.6 Å². The van der Waals surface area contributed by atoms with E-state index in [-0.39, 0.29) is 16.7 Å². The molecule has 2 amide bonds. The molecule has 0 fully saturated rings. The fourth-order valence-corrected chi connectivity index (χ4v) is 4.96. The van der Waals surface area contributed by atoms with Crippen LogP contribution in [-0.4, -0.2) is 38.2 Å². The molecule has 1 atom stereocenters. The number of ether oxygens (including phenoxy) is 2. The number of halogens is 2. The Morgan fingerprint density at radius 1 is 1.32 bits per heavy atom. The number of carbonyl (C=O) groups excluding carboxylic acids is 1. The number of nitrogens with one attached hydrogen (secondary N) is 1. The molecule has 0 saturated heterocycles. The number of alkyl halides is 2. The van der Waals surface area contributed by atoms with E-state index in [0.29, 0.717) is 36.4 Å². The molecule has 10 nitrogen and oxygen atoms in total. The van der Waals surface area contributed by atoms with Gasteiger partial charge in [-0.2, -0.15) is 13.9 Å². The molecule has 13 heteroatoms. The van der Waals surface area contributed by atoms with Crippen molar-refractivity contribution in [3.63, 3.8) is 0 Å². The summed E-state index contributed by atoms with van der Waals surface area (Å²) in [5.41, 5.74) is 3.41. The van der Waals surface area contributed by atoms with E-state index >= 15 is 0 Å². The van der Waals surface area contributed by atoms with Gasteiger partial charge < -0.3 is 14.8 Å². The fourth-order valence-electron chi connectivity index (χ4n) is 3.96. The van der Waals surface area contributed by atoms with E-state index in [1.807, 2.05) is 6.07 Å². The number of carbonyl (C=O) groups is 1. The van der Waals surface area contributed by atoms with Crippen molar-refractivity contribution in [2.24, 2.45) is 9.50 Å². The highest BCUT2D eigenvalue weighted by Gasteiger charge is 2.26. The van der Waals surface area contributed by atoms with Crippen molar-refractivity contribution in [2.45, 2.75) is 37.3 Å². The molecule has 3 aromatic rings. The number of rotatable bonds is 5. The van der Waals surface area contributed by atoms with Crippen molar-refractivity contribution in [2.75, 3.05) is 11.9 Å². The number of fused-ring (bicyclic) bond motifs is 2. The zero-order chi connectivity index (χ0) is 23.9. The van der Waals surface area contributed by atoms with Crippen LogP contribution in [0.5, 0.6) is 11.8 Å². The summed E-state index contributed by atoms with van der Waals surface area (Å²) in [6, 6.07) is 5.70. The first-order valence-corrected chi connectivity index (χ1v) is 12.0. The van der Waals surface area contributed by atoms with Crippen molar-refractivity contribution in [1.82, 2.24) is 14.8 Å². The number of hydrogen-bond donors (Lipinski definition) is 2. The van der Waals surface area contributed by atoms with E-state index in [2.05, 4.69) is 24.5 Å². The molecule has 1 aliphatic heterocycles. The standard InChI is InChI=1S/C21H20F2N6O4S/c22-20(23)33-17-10-13(6-7-25-17)15-5-3-12-2-4-14(12)18(15)27-21(30)28-34(24,31)16-11-26-29-8-1-9-32-19(16)29/h3,5-7,10-11,20H,1-2,4,8-9H2,(H3,24,27,28,30,31)/t34-/m1/s1. The maximum atomic E-state index is 13.1. The van der Waals surface area contributed by atoms with Crippen molar-refractivity contribution in [3.8, 4) is 22.9 Å². The molecule has 2 aliphatic rings. The molecular weight excluding hydrogens is 470 g/mol. The largest absolute Gasteiger partial charge is 0.477 e. The molecule has 3 N–H and O–H groups in total. The van der Waals surface area contributed by atoms with Gasteiger partial charge in [-0.1, -0.05) is 12.1 Å². The van der Waals surface area contributed by atoms with Crippen LogP contribution in [0.25, 0.3) is 11.1 Å². The molecule has 178 valence electrons. The second kappa shape index (κ2) is 8.65. The van der Waals surface area contributed by atoms with Gasteiger partial charge in [-0.25, -0.2) is 23.8 Å². The summed E-state index contributed by atoms with van der Waals surface area (Å²) in [5, 5.41) is 12.7. The number of amides is 2. The summed E-state index contributed by atoms with van der Waals surface area (Å²) in [6.07, 6.45) is 4.91. The predicted molar refractivity (Wildman–Crippen MR) is 118 cm³/mol. The van der Waals surface area contributed by atoms with Gasteiger partial charge in [-0.05, 0) is 35.6 Å². The SMILES string of the molecule is N[S@@](=O)(=NC(=O)Nc1c(-c2ccnc(OC(F)F)c2)ccc2c1CC2)c1cnn2c1OCCC2. The van der Waals surface area contributed by atoms with E-state index in [4.69, 9.17) is 9.88 Å². The van der Waals surface area contributed by atoms with E-state index in [1.165, 1.54) is 23.1 Å². The maximum absolute atomic E-state index is 13.1. The Bertz CT molecular complexity index is 1400. The third-order valence-corrected chi connectivity index (χ3v) is 6.94. The average Bonchev–Trinajstić information content (AvgIpc) is 3.19. The summed E-state index contributed by atoms with van der Waals surface area (Å²) in [4.78, 5) is 16.7. The quantitative estimate of drug-likeness (QED) is 0.563. The number of benzene rings is 1. The third-order valence-electron chi connectivity index (χ3n) is 5.59. The summed E-state index contributed by atoms with van der Waals surface area (Å²) < 4.78 is 53.5. The minimum atomic E-state index is -3.64. The van der Waals surface area contributed by atoms with Gasteiger partial charge in [0.1, 0.15) is 4.90 Å². The monoisotopic (exact) mass is 490 g/mol. The lowest BCUT2D eigenvalue weighted by Gasteiger charge is -2.25. The Labute approximate surface area is 193 Å². The van der Waals surface area contributed by atoms with E-state index in [0.717, 1.165) is 24.0 Å². The van der Waals surface area contributed by atoms with Crippen LogP contribution in [0.4, 0.5) is 19.3 Å². The molecular formula is C21H20F2N6O4S. The highest BCUT2D eigenvalue weighted by atomic mass is 32.2. The second-order valence-electron chi connectivity index (χ2n) is 7.72. The molecule has 0 spiro atoms. The number of nitrogens with two attached hydrogens (primary N) is 1. The summed E-state index contributed by atoms with van der Waals surface area (Å²) in [6.45, 7) is -2.02. The van der Waals surface area contributed by atoms with Gasteiger partial charge in [0.2, 0.25) is 11.8 Å². The minimum Gasteiger partial charge on any atom is -0.477 e. The molecule has 34 heavy (non-hydrogen) atoms. The van der Waals surface area contributed by atoms with Crippen LogP contribution in [0.3, 0.4) is 0 Å². The Kier molecular flexibility index (Phi) is 5.65. The van der Waals surface area contributed by atoms with Gasteiger partial charge in [0.15, 0.2) is 9.92 Å². The molecule has 0 unspecified atom stereocenters. The summed E-state index contributed by atoms with van der Waals surface area (Å²) >= 11 is 0. The number of nitrogens with zero attached hydrogens (tertiary/aromatic N) is 4. The molecule has 3 heterocycles. The average molecular weight is 490 g/mol. The first-order chi connectivity index (χ1) is 16.3. The van der Waals surface area contributed by atoms with Gasteiger partial charge in [0.25, 0.3) is 0 Å². The van der Waals surface area contributed by atoms with Gasteiger partial charge in [0.05, 0.1) is 18.5 Å². The number of urea groups is 1. The predicted octanol–water partition coefficient (Wildman–Crippen LogP) is 3.36. The lowest BCUT2D eigenvalue weighted by Crippen LogP contribution is -2.22. The molecule has 0 radical (unpaired) electrons. The molecule has 0 saturated carbocycles. The van der Waals surface area contributed by atoms with Crippen LogP contribution >= 0.6 is 0 Å². The van der Waals surface area contributed by atoms with Crippen LogP contribution < -0.4 is 19.9 Å². The van der Waals surface area contributed by atoms with E-state index in [9.17, 15) is 17.8 Å². The molecule has 1 aromatic carbocycles. The van der Waals surface area contributed by atoms with Crippen LogP contribution in [0.1, 0.15) is 17.5 Å². The maximum Gasteiger partial charge on any atom is 0.388 e. The Balaban J connectivity index is 1.48. The van der Waals surface area contributed by atoms with Crippen LogP contribution in [0, 0.1) is 0 Å². The van der Waals surface area contributed by atoms with Gasteiger partial charge in [-0.3, -0.25) is 0 Å². The van der Waals surface area contributed by atoms with Crippen molar-refractivity contribution in [3.05, 3.63) is 47.8 Å². The first-order valence-electron chi connectivity index (χ1n) is 10.4. The van der Waals surface area contributed by atoms with Crippen LogP contribution in [0.15, 0.2) is 45.9 Å². The molecule has 2 aromatic heterocycles. The van der Waals surface area contributed by atoms with E-state index in [1.54, 1.807) is 12.1 Å². The lowest BCUT2D eigenvalue weighted by atomic mass is 9.84. The summed E-state index contributed by atoms with van der Waals surface area (Å²) in [5.74, 6) is -0.0174. The van der Waals surface area contributed by atoms with Gasteiger partial charge in [-0.15, -0.1) is 4.36 Å². The smallest absolute Gasteiger partial charge is 0.388 e. The van der Waals surface area contributed by atoms with Gasteiger partial charge in [0, 0.05) is 30.8 Å². The summed E-state index contributed by atoms with van der Waals surface area (Å²) in [7, 11) is -3.64. The second-order valence-corrected chi connectivity index (χ2v) is 9.48. The molecule has 5 rings (SSSR count). The van der Waals surface area contributed by atoms with Crippen molar-refractivity contribution in [1.29, 1.82) is 0 Å². The molecule has 1 aliphatic carbocycles. The highest BCUT2D eigenvalue weighted by Crippen LogP contribution is 2.39. The zero-order valence-electron chi connectivity index (χ0n) is 17.7. The Hall–Kier alpha value is -3.58. The lowest BCUT2D eigenvalue weighted by molar-refractivity contribution is -0.0528. The molecule has 0 bridgehead atoms. The topological polar surface area (TPSA) is 134 Å². The van der Waals surface area contributed by atoms with Gasteiger partial charge >= 0.3 is 12.6 Å². The van der Waals surface area contributed by atoms with Crippen LogP contribution in [0.2, 0.25) is 0 Å². The first kappa shape index (κ1) is 22.2. The number of aromatic nitrogens is 3. The Morgan fingerprint density at radius 2 is 2.18 bits per heavy atom. The minimum absolute atomic E-state index is 0.0477. The van der Waals surface area contributed by atoms with Crippen LogP contribution in [-0.2, 0) is 29.3 Å². The number of pyridine rings is 1. The number of aryl methyl sites for hydroxylation is 2. The number of anilines is 1. The highest BCUT2D eigenvalue weighted by molar-refractivity contribution is 7.91. The number of hydrogen-bond acceptors (Lipinski definition) is 6.